The molecule has 0 saturated heterocycles. The summed E-state index contributed by atoms with van der Waals surface area (Å²) in [6.07, 6.45) is 7.83. The van der Waals surface area contributed by atoms with Gasteiger partial charge in [0.05, 0.1) is 0 Å². The minimum Gasteiger partial charge on any atom is -0.508 e. The molecule has 1 aromatic carbocycles. The number of nitrogens with one attached hydrogen (secondary N) is 1. The number of hydrogen-bond donors (Lipinski definition) is 2. The van der Waals surface area contributed by atoms with Gasteiger partial charge in [-0.1, -0.05) is 38.3 Å². The van der Waals surface area contributed by atoms with Gasteiger partial charge in [0.2, 0.25) is 0 Å². The van der Waals surface area contributed by atoms with Crippen LogP contribution in [-0.4, -0.2) is 18.2 Å². The fourth-order valence-corrected chi connectivity index (χ4v) is 3.44. The molecule has 0 amide bonds. The van der Waals surface area contributed by atoms with E-state index in [1.807, 2.05) is 12.1 Å². The third-order valence-corrected chi connectivity index (χ3v) is 4.77. The highest BCUT2D eigenvalue weighted by Gasteiger charge is 2.26. The first-order valence-corrected chi connectivity index (χ1v) is 7.68. The van der Waals surface area contributed by atoms with Crippen molar-refractivity contribution in [1.29, 1.82) is 0 Å². The number of phenolic OH excluding ortho intramolecular Hbond substituents is 1. The second-order valence-corrected chi connectivity index (χ2v) is 5.96. The average molecular weight is 261 g/mol. The van der Waals surface area contributed by atoms with Gasteiger partial charge in [0, 0.05) is 6.04 Å². The largest absolute Gasteiger partial charge is 0.508 e. The third-order valence-electron chi connectivity index (χ3n) is 4.77. The minimum atomic E-state index is 0.377. The first-order chi connectivity index (χ1) is 9.22. The SMILES string of the molecule is CCC1CCC(C(Cc2cccc(O)c2)NC)CC1. The number of likely N-dealkylation sites (N-methyl/N-ethyl adjacent to an activating group) is 1. The molecule has 1 atom stereocenters. The Balaban J connectivity index is 1.93. The van der Waals surface area contributed by atoms with E-state index in [1.54, 1.807) is 6.07 Å². The monoisotopic (exact) mass is 261 g/mol. The van der Waals surface area contributed by atoms with Crippen molar-refractivity contribution in [3.8, 4) is 5.75 Å². The predicted octanol–water partition coefficient (Wildman–Crippen LogP) is 3.74. The molecule has 1 aliphatic rings. The van der Waals surface area contributed by atoms with E-state index >= 15 is 0 Å². The molecule has 0 bridgehead atoms. The predicted molar refractivity (Wildman–Crippen MR) is 80.4 cm³/mol. The van der Waals surface area contributed by atoms with Crippen molar-refractivity contribution >= 4 is 0 Å². The summed E-state index contributed by atoms with van der Waals surface area (Å²) < 4.78 is 0. The topological polar surface area (TPSA) is 32.3 Å². The van der Waals surface area contributed by atoms with E-state index in [-0.39, 0.29) is 0 Å². The van der Waals surface area contributed by atoms with Gasteiger partial charge in [0.15, 0.2) is 0 Å². The molecule has 0 aromatic heterocycles. The lowest BCUT2D eigenvalue weighted by molar-refractivity contribution is 0.222. The molecule has 2 nitrogen and oxygen atoms in total. The van der Waals surface area contributed by atoms with Crippen LogP contribution >= 0.6 is 0 Å². The fourth-order valence-electron chi connectivity index (χ4n) is 3.44. The van der Waals surface area contributed by atoms with Crippen LogP contribution < -0.4 is 5.32 Å². The Labute approximate surface area is 117 Å². The lowest BCUT2D eigenvalue weighted by atomic mass is 9.76. The highest BCUT2D eigenvalue weighted by molar-refractivity contribution is 5.27. The Bertz CT molecular complexity index is 383. The Morgan fingerprint density at radius 3 is 2.58 bits per heavy atom. The zero-order valence-corrected chi connectivity index (χ0v) is 12.2. The molecule has 0 spiro atoms. The number of hydrogen-bond acceptors (Lipinski definition) is 2. The second kappa shape index (κ2) is 6.95. The van der Waals surface area contributed by atoms with Crippen LogP contribution in [0, 0.1) is 11.8 Å². The molecule has 0 radical (unpaired) electrons. The van der Waals surface area contributed by atoms with Crippen molar-refractivity contribution in [1.82, 2.24) is 5.32 Å². The Morgan fingerprint density at radius 1 is 1.26 bits per heavy atom. The number of aromatic hydroxyl groups is 1. The van der Waals surface area contributed by atoms with Crippen molar-refractivity contribution in [3.63, 3.8) is 0 Å². The highest BCUT2D eigenvalue weighted by Crippen LogP contribution is 2.33. The first-order valence-electron chi connectivity index (χ1n) is 7.68. The van der Waals surface area contributed by atoms with E-state index in [9.17, 15) is 5.11 Å². The summed E-state index contributed by atoms with van der Waals surface area (Å²) in [6, 6.07) is 8.22. The summed E-state index contributed by atoms with van der Waals surface area (Å²) >= 11 is 0. The summed E-state index contributed by atoms with van der Waals surface area (Å²) in [4.78, 5) is 0. The summed E-state index contributed by atoms with van der Waals surface area (Å²) in [5, 5.41) is 13.0. The summed E-state index contributed by atoms with van der Waals surface area (Å²) in [7, 11) is 2.07. The maximum atomic E-state index is 9.56. The van der Waals surface area contributed by atoms with Gasteiger partial charge in [-0.2, -0.15) is 0 Å². The Morgan fingerprint density at radius 2 is 2.00 bits per heavy atom. The van der Waals surface area contributed by atoms with Crippen LogP contribution in [0.1, 0.15) is 44.6 Å². The standard InChI is InChI=1S/C17H27NO/c1-3-13-7-9-15(10-8-13)17(18-2)12-14-5-4-6-16(19)11-14/h4-6,11,13,15,17-19H,3,7-10,12H2,1-2H3. The summed E-state index contributed by atoms with van der Waals surface area (Å²) in [6.45, 7) is 2.31. The molecule has 2 rings (SSSR count). The van der Waals surface area contributed by atoms with Crippen molar-refractivity contribution in [2.45, 2.75) is 51.5 Å². The van der Waals surface area contributed by atoms with Crippen molar-refractivity contribution < 1.29 is 5.11 Å². The van der Waals surface area contributed by atoms with Gasteiger partial charge >= 0.3 is 0 Å². The highest BCUT2D eigenvalue weighted by atomic mass is 16.3. The number of rotatable bonds is 5. The second-order valence-electron chi connectivity index (χ2n) is 5.96. The average Bonchev–Trinajstić information content (AvgIpc) is 2.45. The molecule has 0 aliphatic heterocycles. The normalized spacial score (nSPS) is 25.2. The molecule has 1 unspecified atom stereocenters. The van der Waals surface area contributed by atoms with Gasteiger partial charge in [0.25, 0.3) is 0 Å². The van der Waals surface area contributed by atoms with Gasteiger partial charge in [-0.3, -0.25) is 0 Å². The van der Waals surface area contributed by atoms with E-state index in [2.05, 4.69) is 25.4 Å². The molecule has 1 aromatic rings. The quantitative estimate of drug-likeness (QED) is 0.846. The van der Waals surface area contributed by atoms with E-state index in [0.717, 1.165) is 18.3 Å². The fraction of sp³-hybridized carbons (Fsp3) is 0.647. The molecule has 19 heavy (non-hydrogen) atoms. The maximum Gasteiger partial charge on any atom is 0.115 e. The molecule has 2 N–H and O–H groups in total. The van der Waals surface area contributed by atoms with Gasteiger partial charge in [-0.25, -0.2) is 0 Å². The van der Waals surface area contributed by atoms with Crippen LogP contribution in [0.4, 0.5) is 0 Å². The van der Waals surface area contributed by atoms with Crippen molar-refractivity contribution in [2.75, 3.05) is 7.05 Å². The zero-order chi connectivity index (χ0) is 13.7. The minimum absolute atomic E-state index is 0.377. The number of phenols is 1. The number of benzene rings is 1. The van der Waals surface area contributed by atoms with Crippen LogP contribution in [-0.2, 0) is 6.42 Å². The maximum absolute atomic E-state index is 9.56. The molecule has 106 valence electrons. The Kier molecular flexibility index (Phi) is 5.26. The molecule has 1 saturated carbocycles. The van der Waals surface area contributed by atoms with Crippen molar-refractivity contribution in [3.05, 3.63) is 29.8 Å². The van der Waals surface area contributed by atoms with Gasteiger partial charge in [-0.05, 0) is 55.8 Å². The lowest BCUT2D eigenvalue weighted by Gasteiger charge is -2.33. The molecule has 0 heterocycles. The van der Waals surface area contributed by atoms with Gasteiger partial charge in [0.1, 0.15) is 5.75 Å². The van der Waals surface area contributed by atoms with E-state index in [0.29, 0.717) is 11.8 Å². The van der Waals surface area contributed by atoms with Crippen LogP contribution in [0.2, 0.25) is 0 Å². The summed E-state index contributed by atoms with van der Waals surface area (Å²) in [5.41, 5.74) is 1.23. The van der Waals surface area contributed by atoms with Crippen molar-refractivity contribution in [2.24, 2.45) is 11.8 Å². The smallest absolute Gasteiger partial charge is 0.115 e. The zero-order valence-electron chi connectivity index (χ0n) is 12.2. The van der Waals surface area contributed by atoms with E-state index < -0.39 is 0 Å². The lowest BCUT2D eigenvalue weighted by Crippen LogP contribution is -2.37. The molecular weight excluding hydrogens is 234 g/mol. The van der Waals surface area contributed by atoms with E-state index in [1.165, 1.54) is 37.7 Å². The van der Waals surface area contributed by atoms with Gasteiger partial charge < -0.3 is 10.4 Å². The summed E-state index contributed by atoms with van der Waals surface area (Å²) in [5.74, 6) is 2.12. The molecule has 2 heteroatoms. The molecular formula is C17H27NO. The Hall–Kier alpha value is -1.02. The van der Waals surface area contributed by atoms with Gasteiger partial charge in [-0.15, -0.1) is 0 Å². The van der Waals surface area contributed by atoms with E-state index in [4.69, 9.17) is 0 Å². The molecule has 1 aliphatic carbocycles. The van der Waals surface area contributed by atoms with Crippen LogP contribution in [0.3, 0.4) is 0 Å². The van der Waals surface area contributed by atoms with Crippen LogP contribution in [0.25, 0.3) is 0 Å². The van der Waals surface area contributed by atoms with Crippen LogP contribution in [0.5, 0.6) is 5.75 Å². The third kappa shape index (κ3) is 3.97. The molecule has 1 fully saturated rings. The first kappa shape index (κ1) is 14.4. The van der Waals surface area contributed by atoms with Crippen LogP contribution in [0.15, 0.2) is 24.3 Å².